The molecule has 7 heteroatoms. The fourth-order valence-electron chi connectivity index (χ4n) is 5.13. The van der Waals surface area contributed by atoms with Crippen molar-refractivity contribution >= 4 is 22.5 Å². The van der Waals surface area contributed by atoms with E-state index in [9.17, 15) is 9.90 Å². The number of hydrogen-bond acceptors (Lipinski definition) is 4. The fraction of sp³-hybridized carbons (Fsp3) is 0.409. The van der Waals surface area contributed by atoms with Crippen LogP contribution in [-0.4, -0.2) is 51.7 Å². The Labute approximate surface area is 169 Å². The van der Waals surface area contributed by atoms with Gasteiger partial charge in [-0.2, -0.15) is 0 Å². The average molecular weight is 394 g/mol. The third kappa shape index (κ3) is 2.88. The van der Waals surface area contributed by atoms with E-state index in [2.05, 4.69) is 15.3 Å². The number of aromatic amines is 2. The van der Waals surface area contributed by atoms with Crippen LogP contribution >= 0.6 is 0 Å². The van der Waals surface area contributed by atoms with E-state index in [4.69, 9.17) is 4.74 Å². The van der Waals surface area contributed by atoms with Crippen molar-refractivity contribution in [1.29, 1.82) is 0 Å². The van der Waals surface area contributed by atoms with Crippen molar-refractivity contribution in [1.82, 2.24) is 14.9 Å². The van der Waals surface area contributed by atoms with Crippen LogP contribution in [0.1, 0.15) is 42.9 Å². The van der Waals surface area contributed by atoms with Crippen LogP contribution in [0.4, 0.5) is 5.69 Å². The van der Waals surface area contributed by atoms with Gasteiger partial charge in [-0.1, -0.05) is 31.0 Å². The molecule has 1 aromatic carbocycles. The molecule has 1 aliphatic carbocycles. The van der Waals surface area contributed by atoms with E-state index in [-0.39, 0.29) is 30.5 Å². The number of ether oxygens (including phenoxy) is 1. The molecule has 0 radical (unpaired) electrons. The molecule has 2 aliphatic rings. The van der Waals surface area contributed by atoms with Gasteiger partial charge >= 0.3 is 0 Å². The average Bonchev–Trinajstić information content (AvgIpc) is 3.30. The Kier molecular flexibility index (Phi) is 4.47. The number of fused-ring (bicyclic) bond motifs is 3. The van der Waals surface area contributed by atoms with Gasteiger partial charge in [0.1, 0.15) is 6.61 Å². The van der Waals surface area contributed by atoms with E-state index in [1.165, 1.54) is 0 Å². The Bertz CT molecular complexity index is 1040. The predicted octanol–water partition coefficient (Wildman–Crippen LogP) is 3.50. The van der Waals surface area contributed by atoms with E-state index in [1.54, 1.807) is 7.11 Å². The zero-order valence-electron chi connectivity index (χ0n) is 16.4. The molecular weight excluding hydrogens is 368 g/mol. The molecule has 152 valence electrons. The van der Waals surface area contributed by atoms with Gasteiger partial charge in [-0.3, -0.25) is 4.79 Å². The highest BCUT2D eigenvalue weighted by molar-refractivity contribution is 5.86. The van der Waals surface area contributed by atoms with Gasteiger partial charge in [0.05, 0.1) is 28.9 Å². The number of rotatable bonds is 3. The number of hydrogen-bond donors (Lipinski definition) is 4. The lowest BCUT2D eigenvalue weighted by atomic mass is 9.87. The van der Waals surface area contributed by atoms with Gasteiger partial charge in [-0.15, -0.1) is 0 Å². The first kappa shape index (κ1) is 18.1. The molecule has 0 unspecified atom stereocenters. The van der Waals surface area contributed by atoms with Gasteiger partial charge < -0.3 is 30.0 Å². The van der Waals surface area contributed by atoms with Crippen molar-refractivity contribution in [3.05, 3.63) is 47.8 Å². The number of H-pyrrole nitrogens is 2. The number of aromatic hydroxyl groups is 1. The number of para-hydroxylation sites is 1. The maximum atomic E-state index is 13.4. The Morgan fingerprint density at radius 3 is 2.97 bits per heavy atom. The monoisotopic (exact) mass is 394 g/mol. The van der Waals surface area contributed by atoms with Crippen molar-refractivity contribution in [3.63, 3.8) is 0 Å². The zero-order chi connectivity index (χ0) is 20.0. The second kappa shape index (κ2) is 7.15. The molecular formula is C22H26N4O3. The predicted molar refractivity (Wildman–Crippen MR) is 111 cm³/mol. The van der Waals surface area contributed by atoms with E-state index in [1.807, 2.05) is 41.6 Å². The molecule has 3 aromatic rings. The maximum Gasteiger partial charge on any atom is 0.249 e. The molecule has 3 atom stereocenters. The highest BCUT2D eigenvalue weighted by Crippen LogP contribution is 2.46. The minimum atomic E-state index is -0.415. The summed E-state index contributed by atoms with van der Waals surface area (Å²) in [5.41, 5.74) is 3.53. The standard InChI is InChI=1S/C22H26N4O3/c1-29-12-18(27)26-17-8-3-2-7-15(17)25-16-11-24-22(28)19(16)21(26)14-6-4-5-13-9-10-23-20(13)14/h4-6,9-11,15,17,21,23-25,28H,2-3,7-8,12H2,1H3/t15-,17-,21-/m1/s1. The van der Waals surface area contributed by atoms with Gasteiger partial charge in [0, 0.05) is 31.1 Å². The summed E-state index contributed by atoms with van der Waals surface area (Å²) in [7, 11) is 1.55. The van der Waals surface area contributed by atoms with Crippen LogP contribution in [0.5, 0.6) is 5.88 Å². The molecule has 0 saturated heterocycles. The lowest BCUT2D eigenvalue weighted by Crippen LogP contribution is -2.52. The summed E-state index contributed by atoms with van der Waals surface area (Å²) in [6, 6.07) is 7.88. The molecule has 29 heavy (non-hydrogen) atoms. The van der Waals surface area contributed by atoms with Crippen LogP contribution < -0.4 is 5.32 Å². The topological polar surface area (TPSA) is 93.4 Å². The highest BCUT2D eigenvalue weighted by Gasteiger charge is 2.44. The van der Waals surface area contributed by atoms with Gasteiger partial charge in [-0.25, -0.2) is 0 Å². The molecule has 1 saturated carbocycles. The number of nitrogens with one attached hydrogen (secondary N) is 3. The Morgan fingerprint density at radius 2 is 2.10 bits per heavy atom. The highest BCUT2D eigenvalue weighted by atomic mass is 16.5. The molecule has 2 aromatic heterocycles. The van der Waals surface area contributed by atoms with E-state index in [0.29, 0.717) is 5.56 Å². The molecule has 0 bridgehead atoms. The summed E-state index contributed by atoms with van der Waals surface area (Å²) >= 11 is 0. The molecule has 1 aliphatic heterocycles. The number of benzene rings is 1. The molecule has 5 rings (SSSR count). The molecule has 0 spiro atoms. The van der Waals surface area contributed by atoms with Crippen LogP contribution in [0.3, 0.4) is 0 Å². The second-order valence-electron chi connectivity index (χ2n) is 7.99. The number of carbonyl (C=O) groups excluding carboxylic acids is 1. The molecule has 1 amide bonds. The van der Waals surface area contributed by atoms with Crippen LogP contribution in [0.15, 0.2) is 36.7 Å². The fourth-order valence-corrected chi connectivity index (χ4v) is 5.13. The first-order chi connectivity index (χ1) is 14.2. The van der Waals surface area contributed by atoms with Gasteiger partial charge in [-0.05, 0) is 24.3 Å². The van der Waals surface area contributed by atoms with E-state index in [0.717, 1.165) is 47.8 Å². The lowest BCUT2D eigenvalue weighted by molar-refractivity contribution is -0.140. The third-order valence-electron chi connectivity index (χ3n) is 6.35. The van der Waals surface area contributed by atoms with Crippen LogP contribution in [0, 0.1) is 0 Å². The van der Waals surface area contributed by atoms with Crippen LogP contribution in [0.2, 0.25) is 0 Å². The molecule has 7 nitrogen and oxygen atoms in total. The number of aromatic nitrogens is 2. The summed E-state index contributed by atoms with van der Waals surface area (Å²) in [5, 5.41) is 15.5. The van der Waals surface area contributed by atoms with E-state index < -0.39 is 6.04 Å². The maximum absolute atomic E-state index is 13.4. The number of carbonyl (C=O) groups is 1. The van der Waals surface area contributed by atoms with Crippen molar-refractivity contribution in [3.8, 4) is 5.88 Å². The lowest BCUT2D eigenvalue weighted by Gasteiger charge is -2.42. The third-order valence-corrected chi connectivity index (χ3v) is 6.35. The largest absolute Gasteiger partial charge is 0.494 e. The summed E-state index contributed by atoms with van der Waals surface area (Å²) in [6.07, 6.45) is 7.85. The first-order valence-corrected chi connectivity index (χ1v) is 10.2. The van der Waals surface area contributed by atoms with Crippen molar-refractivity contribution in [2.24, 2.45) is 0 Å². The van der Waals surface area contributed by atoms with Crippen molar-refractivity contribution in [2.75, 3.05) is 19.0 Å². The molecule has 1 fully saturated rings. The summed E-state index contributed by atoms with van der Waals surface area (Å²) in [4.78, 5) is 21.6. The summed E-state index contributed by atoms with van der Waals surface area (Å²) in [6.45, 7) is 0.0148. The Hall–Kier alpha value is -2.93. The molecule has 3 heterocycles. The second-order valence-corrected chi connectivity index (χ2v) is 7.99. The number of amides is 1. The van der Waals surface area contributed by atoms with E-state index >= 15 is 0 Å². The van der Waals surface area contributed by atoms with Gasteiger partial charge in [0.2, 0.25) is 5.91 Å². The van der Waals surface area contributed by atoms with Crippen molar-refractivity contribution in [2.45, 2.75) is 43.8 Å². The Balaban J connectivity index is 1.76. The van der Waals surface area contributed by atoms with Crippen molar-refractivity contribution < 1.29 is 14.6 Å². The quantitative estimate of drug-likeness (QED) is 0.547. The number of nitrogens with zero attached hydrogens (tertiary/aromatic N) is 1. The number of methoxy groups -OCH3 is 1. The first-order valence-electron chi connectivity index (χ1n) is 10.2. The summed E-state index contributed by atoms with van der Waals surface area (Å²) < 4.78 is 5.24. The summed E-state index contributed by atoms with van der Waals surface area (Å²) in [5.74, 6) is 0.0307. The van der Waals surface area contributed by atoms with Gasteiger partial charge in [0.25, 0.3) is 0 Å². The SMILES string of the molecule is COCC(=O)N1[C@H](c2cccc3cc[nH]c23)c2c(c[nH]c2O)N[C@@H]2CCCC[C@H]21. The molecule has 4 N–H and O–H groups in total. The Morgan fingerprint density at radius 1 is 1.24 bits per heavy atom. The normalized spacial score (nSPS) is 23.9. The van der Waals surface area contributed by atoms with Crippen LogP contribution in [-0.2, 0) is 9.53 Å². The smallest absolute Gasteiger partial charge is 0.249 e. The minimum Gasteiger partial charge on any atom is -0.494 e. The minimum absolute atomic E-state index is 0.0148. The van der Waals surface area contributed by atoms with Crippen LogP contribution in [0.25, 0.3) is 10.9 Å². The number of anilines is 1. The van der Waals surface area contributed by atoms with Gasteiger partial charge in [0.15, 0.2) is 5.88 Å². The zero-order valence-corrected chi connectivity index (χ0v) is 16.4.